The van der Waals surface area contributed by atoms with Crippen LogP contribution in [0.25, 0.3) is 11.0 Å². The molecule has 3 aromatic rings. The smallest absolute Gasteiger partial charge is 0.135 e. The van der Waals surface area contributed by atoms with Crippen molar-refractivity contribution in [1.29, 1.82) is 5.26 Å². The molecule has 1 saturated heterocycles. The molecule has 0 spiro atoms. The Labute approximate surface area is 196 Å². The summed E-state index contributed by atoms with van der Waals surface area (Å²) in [6.07, 6.45) is 6.94. The number of likely N-dealkylation sites (tertiary alicyclic amines) is 1. The molecule has 0 bridgehead atoms. The molecule has 2 aromatic heterocycles. The van der Waals surface area contributed by atoms with E-state index < -0.39 is 5.41 Å². The number of hydrogen-bond donors (Lipinski definition) is 0. The Morgan fingerprint density at radius 1 is 1.19 bits per heavy atom. The number of halogens is 1. The fourth-order valence-electron chi connectivity index (χ4n) is 4.48. The maximum absolute atomic E-state index is 9.83. The average Bonchev–Trinajstić information content (AvgIpc) is 3.57. The lowest BCUT2D eigenvalue weighted by atomic mass is 9.76. The number of pyridine rings is 1. The van der Waals surface area contributed by atoms with Gasteiger partial charge in [-0.15, -0.1) is 5.10 Å². The molecule has 8 heteroatoms. The van der Waals surface area contributed by atoms with Crippen LogP contribution < -0.4 is 4.74 Å². The number of fused-ring (bicyclic) bond motifs is 1. The predicted octanol–water partition coefficient (Wildman–Crippen LogP) is 4.33. The molecule has 5 rings (SSSR count). The summed E-state index contributed by atoms with van der Waals surface area (Å²) in [5.74, 6) is 1.57. The molecule has 1 aliphatic heterocycles. The number of aromatic nitrogens is 4. The van der Waals surface area contributed by atoms with Crippen LogP contribution in [-0.4, -0.2) is 51.1 Å². The van der Waals surface area contributed by atoms with Crippen molar-refractivity contribution >= 4 is 27.0 Å². The van der Waals surface area contributed by atoms with Gasteiger partial charge in [-0.2, -0.15) is 5.26 Å². The minimum Gasteiger partial charge on any atom is -0.492 e. The monoisotopic (exact) mass is 494 g/mol. The summed E-state index contributed by atoms with van der Waals surface area (Å²) >= 11 is 3.66. The molecule has 3 heterocycles. The van der Waals surface area contributed by atoms with E-state index in [0.717, 1.165) is 78.3 Å². The molecule has 1 saturated carbocycles. The standard InChI is InChI=1S/C24H27BrN6O/c25-22-20(8-7-19-23(22)28-29-31(19)16-18-5-6-18)32-15-3-12-30-13-9-24(17-26,10-14-30)21-4-1-2-11-27-21/h1-2,4,7-8,11,18H,3,5-6,9-10,12-16H2. The SMILES string of the molecule is N#CC1(c2ccccn2)CCN(CCCOc2ccc3c(nnn3CC3CC3)c2Br)CC1. The third kappa shape index (κ3) is 4.37. The molecule has 0 radical (unpaired) electrons. The fourth-order valence-corrected chi connectivity index (χ4v) is 5.01. The Kier molecular flexibility index (Phi) is 6.11. The molecule has 7 nitrogen and oxygen atoms in total. The van der Waals surface area contributed by atoms with Gasteiger partial charge < -0.3 is 9.64 Å². The van der Waals surface area contributed by atoms with Crippen molar-refractivity contribution in [3.8, 4) is 11.8 Å². The summed E-state index contributed by atoms with van der Waals surface area (Å²) in [6, 6.07) is 12.5. The van der Waals surface area contributed by atoms with Crippen LogP contribution in [0, 0.1) is 17.2 Å². The van der Waals surface area contributed by atoms with Crippen molar-refractivity contribution in [2.24, 2.45) is 5.92 Å². The minimum atomic E-state index is -0.453. The van der Waals surface area contributed by atoms with E-state index in [4.69, 9.17) is 4.74 Å². The highest BCUT2D eigenvalue weighted by Crippen LogP contribution is 2.35. The quantitative estimate of drug-likeness (QED) is 0.433. The van der Waals surface area contributed by atoms with Crippen LogP contribution in [0.4, 0.5) is 0 Å². The zero-order valence-corrected chi connectivity index (χ0v) is 19.7. The van der Waals surface area contributed by atoms with Crippen LogP contribution in [0.5, 0.6) is 5.75 Å². The van der Waals surface area contributed by atoms with Crippen molar-refractivity contribution in [1.82, 2.24) is 24.9 Å². The van der Waals surface area contributed by atoms with Gasteiger partial charge in [-0.1, -0.05) is 11.3 Å². The lowest BCUT2D eigenvalue weighted by Gasteiger charge is -2.36. The largest absolute Gasteiger partial charge is 0.492 e. The van der Waals surface area contributed by atoms with E-state index in [1.54, 1.807) is 6.20 Å². The molecular weight excluding hydrogens is 468 g/mol. The second-order valence-corrected chi connectivity index (χ2v) is 9.71. The molecule has 166 valence electrons. The van der Waals surface area contributed by atoms with Gasteiger partial charge in [-0.3, -0.25) is 4.98 Å². The van der Waals surface area contributed by atoms with Gasteiger partial charge in [0.05, 0.1) is 28.4 Å². The molecule has 32 heavy (non-hydrogen) atoms. The summed E-state index contributed by atoms with van der Waals surface area (Å²) in [4.78, 5) is 6.87. The van der Waals surface area contributed by atoms with Crippen LogP contribution in [0.3, 0.4) is 0 Å². The average molecular weight is 495 g/mol. The Balaban J connectivity index is 1.12. The van der Waals surface area contributed by atoms with E-state index in [2.05, 4.69) is 48.3 Å². The number of hydrogen-bond acceptors (Lipinski definition) is 6. The normalized spacial score (nSPS) is 18.5. The molecule has 0 N–H and O–H groups in total. The van der Waals surface area contributed by atoms with Crippen LogP contribution in [-0.2, 0) is 12.0 Å². The number of nitrogens with zero attached hydrogens (tertiary/aromatic N) is 6. The minimum absolute atomic E-state index is 0.453. The van der Waals surface area contributed by atoms with E-state index in [-0.39, 0.29) is 0 Å². The van der Waals surface area contributed by atoms with E-state index in [0.29, 0.717) is 6.61 Å². The lowest BCUT2D eigenvalue weighted by molar-refractivity contribution is 0.170. The molecule has 1 aliphatic carbocycles. The number of nitriles is 1. The van der Waals surface area contributed by atoms with Crippen LogP contribution >= 0.6 is 15.9 Å². The molecular formula is C24H27BrN6O. The third-order valence-corrected chi connectivity index (χ3v) is 7.44. The summed E-state index contributed by atoms with van der Waals surface area (Å²) in [5.41, 5.74) is 2.37. The van der Waals surface area contributed by atoms with Crippen molar-refractivity contribution in [3.05, 3.63) is 46.7 Å². The molecule has 1 aromatic carbocycles. The highest BCUT2D eigenvalue weighted by atomic mass is 79.9. The fraction of sp³-hybridized carbons (Fsp3) is 0.500. The third-order valence-electron chi connectivity index (χ3n) is 6.67. The molecule has 0 atom stereocenters. The molecule has 2 aliphatic rings. The Morgan fingerprint density at radius 2 is 2.03 bits per heavy atom. The maximum Gasteiger partial charge on any atom is 0.135 e. The zero-order valence-electron chi connectivity index (χ0n) is 18.1. The van der Waals surface area contributed by atoms with Crippen molar-refractivity contribution in [2.45, 2.75) is 44.1 Å². The molecule has 2 fully saturated rings. The van der Waals surface area contributed by atoms with Crippen LogP contribution in [0.1, 0.15) is 37.8 Å². The van der Waals surface area contributed by atoms with Crippen LogP contribution in [0.2, 0.25) is 0 Å². The summed E-state index contributed by atoms with van der Waals surface area (Å²) in [5, 5.41) is 18.5. The first kappa shape index (κ1) is 21.4. The van der Waals surface area contributed by atoms with Gasteiger partial charge in [-0.05, 0) is 78.2 Å². The van der Waals surface area contributed by atoms with Gasteiger partial charge in [0.2, 0.25) is 0 Å². The van der Waals surface area contributed by atoms with Gasteiger partial charge in [0.25, 0.3) is 0 Å². The van der Waals surface area contributed by atoms with Gasteiger partial charge in [-0.25, -0.2) is 4.68 Å². The lowest BCUT2D eigenvalue weighted by Crippen LogP contribution is -2.42. The number of ether oxygens (including phenoxy) is 1. The zero-order chi connectivity index (χ0) is 22.0. The first-order valence-electron chi connectivity index (χ1n) is 11.4. The van der Waals surface area contributed by atoms with Gasteiger partial charge >= 0.3 is 0 Å². The maximum atomic E-state index is 9.83. The molecule has 0 unspecified atom stereocenters. The van der Waals surface area contributed by atoms with E-state index in [9.17, 15) is 5.26 Å². The second-order valence-electron chi connectivity index (χ2n) is 8.91. The van der Waals surface area contributed by atoms with Gasteiger partial charge in [0.1, 0.15) is 16.7 Å². The number of piperidine rings is 1. The van der Waals surface area contributed by atoms with Gasteiger partial charge in [0.15, 0.2) is 0 Å². The molecule has 0 amide bonds. The predicted molar refractivity (Wildman–Crippen MR) is 125 cm³/mol. The Bertz CT molecular complexity index is 1110. The highest BCUT2D eigenvalue weighted by molar-refractivity contribution is 9.10. The second kappa shape index (κ2) is 9.16. The first-order chi connectivity index (χ1) is 15.7. The topological polar surface area (TPSA) is 79.9 Å². The Hall–Kier alpha value is -2.50. The summed E-state index contributed by atoms with van der Waals surface area (Å²) < 4.78 is 8.94. The first-order valence-corrected chi connectivity index (χ1v) is 12.2. The van der Waals surface area contributed by atoms with Crippen molar-refractivity contribution in [2.75, 3.05) is 26.2 Å². The van der Waals surface area contributed by atoms with E-state index >= 15 is 0 Å². The summed E-state index contributed by atoms with van der Waals surface area (Å²) in [7, 11) is 0. The van der Waals surface area contributed by atoms with Gasteiger partial charge in [0, 0.05) is 32.4 Å². The summed E-state index contributed by atoms with van der Waals surface area (Å²) in [6.45, 7) is 4.36. The van der Waals surface area contributed by atoms with Crippen molar-refractivity contribution in [3.63, 3.8) is 0 Å². The number of rotatable bonds is 8. The van der Waals surface area contributed by atoms with E-state index in [1.807, 2.05) is 28.9 Å². The van der Waals surface area contributed by atoms with Crippen LogP contribution in [0.15, 0.2) is 41.0 Å². The van der Waals surface area contributed by atoms with Crippen molar-refractivity contribution < 1.29 is 4.74 Å². The number of benzene rings is 1. The van der Waals surface area contributed by atoms with E-state index in [1.165, 1.54) is 12.8 Å². The highest BCUT2D eigenvalue weighted by Gasteiger charge is 2.37. The Morgan fingerprint density at radius 3 is 2.75 bits per heavy atom.